The van der Waals surface area contributed by atoms with Crippen LogP contribution in [0.1, 0.15) is 23.2 Å². The van der Waals surface area contributed by atoms with E-state index in [1.54, 1.807) is 6.20 Å². The summed E-state index contributed by atoms with van der Waals surface area (Å²) in [5, 5.41) is 12.9. The standard InChI is InChI=1S/C24H22N4O2/c29-23(26-19-10-11-22-18(13-19)14-25-27-22)17-7-4-12-28(15-17)24(30)21-9-3-6-16-5-1-2-8-20(16)21/h1-3,5-6,8-11,13-14,17H,4,7,12,15H2,(H,25,27)(H,26,29). The van der Waals surface area contributed by atoms with E-state index in [0.29, 0.717) is 18.7 Å². The lowest BCUT2D eigenvalue weighted by atomic mass is 9.95. The van der Waals surface area contributed by atoms with Crippen molar-refractivity contribution in [3.8, 4) is 0 Å². The fourth-order valence-electron chi connectivity index (χ4n) is 4.22. The van der Waals surface area contributed by atoms with Gasteiger partial charge in [-0.1, -0.05) is 36.4 Å². The van der Waals surface area contributed by atoms with Crippen molar-refractivity contribution in [3.63, 3.8) is 0 Å². The van der Waals surface area contributed by atoms with E-state index in [1.807, 2.05) is 65.6 Å². The fraction of sp³-hybridized carbons (Fsp3) is 0.208. The molecule has 5 rings (SSSR count). The van der Waals surface area contributed by atoms with E-state index in [9.17, 15) is 9.59 Å². The van der Waals surface area contributed by atoms with Gasteiger partial charge in [0.05, 0.1) is 17.6 Å². The van der Waals surface area contributed by atoms with Crippen LogP contribution >= 0.6 is 0 Å². The van der Waals surface area contributed by atoms with Gasteiger partial charge in [0.25, 0.3) is 5.91 Å². The average Bonchev–Trinajstić information content (AvgIpc) is 3.26. The lowest BCUT2D eigenvalue weighted by Crippen LogP contribution is -2.43. The Hall–Kier alpha value is -3.67. The summed E-state index contributed by atoms with van der Waals surface area (Å²) in [6, 6.07) is 19.4. The molecule has 0 spiro atoms. The largest absolute Gasteiger partial charge is 0.338 e. The molecule has 2 heterocycles. The quantitative estimate of drug-likeness (QED) is 0.543. The molecule has 1 fully saturated rings. The lowest BCUT2D eigenvalue weighted by Gasteiger charge is -2.32. The van der Waals surface area contributed by atoms with Crippen molar-refractivity contribution in [3.05, 3.63) is 72.4 Å². The molecule has 3 aromatic carbocycles. The number of piperidine rings is 1. The number of carbonyl (C=O) groups is 2. The van der Waals surface area contributed by atoms with E-state index in [1.165, 1.54) is 0 Å². The van der Waals surface area contributed by atoms with Gasteiger partial charge in [0.2, 0.25) is 5.91 Å². The number of H-pyrrole nitrogens is 1. The number of fused-ring (bicyclic) bond motifs is 2. The van der Waals surface area contributed by atoms with Crippen LogP contribution < -0.4 is 5.32 Å². The number of carbonyl (C=O) groups excluding carboxylic acids is 2. The highest BCUT2D eigenvalue weighted by atomic mass is 16.2. The first-order chi connectivity index (χ1) is 14.7. The maximum atomic E-state index is 13.2. The van der Waals surface area contributed by atoms with Crippen LogP contribution in [-0.2, 0) is 4.79 Å². The summed E-state index contributed by atoms with van der Waals surface area (Å²) in [5.74, 6) is -0.282. The smallest absolute Gasteiger partial charge is 0.254 e. The number of likely N-dealkylation sites (tertiary alicyclic amines) is 1. The number of aromatic amines is 1. The molecule has 1 aromatic heterocycles. The first-order valence-corrected chi connectivity index (χ1v) is 10.2. The highest BCUT2D eigenvalue weighted by Crippen LogP contribution is 2.25. The van der Waals surface area contributed by atoms with E-state index in [2.05, 4.69) is 15.5 Å². The highest BCUT2D eigenvalue weighted by molar-refractivity contribution is 6.07. The number of anilines is 1. The maximum absolute atomic E-state index is 13.2. The summed E-state index contributed by atoms with van der Waals surface area (Å²) in [6.45, 7) is 1.11. The van der Waals surface area contributed by atoms with Gasteiger partial charge in [0.15, 0.2) is 0 Å². The molecule has 0 aliphatic carbocycles. The van der Waals surface area contributed by atoms with Crippen LogP contribution in [0, 0.1) is 5.92 Å². The number of aromatic nitrogens is 2. The number of hydrogen-bond donors (Lipinski definition) is 2. The van der Waals surface area contributed by atoms with Gasteiger partial charge in [0.1, 0.15) is 0 Å². The van der Waals surface area contributed by atoms with Gasteiger partial charge in [-0.25, -0.2) is 0 Å². The number of amides is 2. The molecule has 6 nitrogen and oxygen atoms in total. The summed E-state index contributed by atoms with van der Waals surface area (Å²) in [7, 11) is 0. The lowest BCUT2D eigenvalue weighted by molar-refractivity contribution is -0.121. The molecule has 0 bridgehead atoms. The third-order valence-corrected chi connectivity index (χ3v) is 5.81. The van der Waals surface area contributed by atoms with Crippen LogP contribution in [0.25, 0.3) is 21.7 Å². The molecule has 1 unspecified atom stereocenters. The van der Waals surface area contributed by atoms with Crippen LogP contribution in [-0.4, -0.2) is 40.0 Å². The minimum absolute atomic E-state index is 0.0101. The molecule has 6 heteroatoms. The van der Waals surface area contributed by atoms with Gasteiger partial charge in [-0.05, 0) is 47.9 Å². The Morgan fingerprint density at radius 3 is 2.83 bits per heavy atom. The summed E-state index contributed by atoms with van der Waals surface area (Å²) < 4.78 is 0. The Balaban J connectivity index is 1.32. The van der Waals surface area contributed by atoms with E-state index in [4.69, 9.17) is 0 Å². The number of rotatable bonds is 3. The van der Waals surface area contributed by atoms with Crippen LogP contribution in [0.2, 0.25) is 0 Å². The highest BCUT2D eigenvalue weighted by Gasteiger charge is 2.29. The molecule has 2 N–H and O–H groups in total. The third kappa shape index (κ3) is 3.41. The Labute approximate surface area is 173 Å². The predicted molar refractivity (Wildman–Crippen MR) is 117 cm³/mol. The van der Waals surface area contributed by atoms with Crippen molar-refractivity contribution in [1.82, 2.24) is 15.1 Å². The van der Waals surface area contributed by atoms with Crippen molar-refractivity contribution >= 4 is 39.2 Å². The zero-order chi connectivity index (χ0) is 20.5. The minimum Gasteiger partial charge on any atom is -0.338 e. The van der Waals surface area contributed by atoms with Gasteiger partial charge in [-0.2, -0.15) is 5.10 Å². The van der Waals surface area contributed by atoms with E-state index in [-0.39, 0.29) is 17.7 Å². The molecule has 30 heavy (non-hydrogen) atoms. The third-order valence-electron chi connectivity index (χ3n) is 5.81. The fourth-order valence-corrected chi connectivity index (χ4v) is 4.22. The van der Waals surface area contributed by atoms with Gasteiger partial charge in [-0.15, -0.1) is 0 Å². The van der Waals surface area contributed by atoms with Crippen molar-refractivity contribution in [1.29, 1.82) is 0 Å². The number of nitrogens with one attached hydrogen (secondary N) is 2. The Bertz CT molecular complexity index is 1240. The molecule has 0 radical (unpaired) electrons. The molecule has 0 saturated carbocycles. The second-order valence-corrected chi connectivity index (χ2v) is 7.78. The first kappa shape index (κ1) is 18.4. The predicted octanol–water partition coefficient (Wildman–Crippen LogP) is 4.21. The molecule has 4 aromatic rings. The Kier molecular flexibility index (Phi) is 4.67. The van der Waals surface area contributed by atoms with Crippen LogP contribution in [0.5, 0.6) is 0 Å². The molecule has 1 aliphatic heterocycles. The SMILES string of the molecule is O=C(Nc1ccc2[nH]ncc2c1)C1CCCN(C(=O)c2cccc3ccccc23)C1. The van der Waals surface area contributed by atoms with Crippen molar-refractivity contribution in [2.24, 2.45) is 5.92 Å². The maximum Gasteiger partial charge on any atom is 0.254 e. The normalized spacial score (nSPS) is 16.7. The Morgan fingerprint density at radius 2 is 1.90 bits per heavy atom. The van der Waals surface area contributed by atoms with Crippen molar-refractivity contribution in [2.75, 3.05) is 18.4 Å². The van der Waals surface area contributed by atoms with Crippen LogP contribution in [0.3, 0.4) is 0 Å². The van der Waals surface area contributed by atoms with Gasteiger partial charge >= 0.3 is 0 Å². The molecule has 1 aliphatic rings. The second-order valence-electron chi connectivity index (χ2n) is 7.78. The zero-order valence-electron chi connectivity index (χ0n) is 16.5. The number of nitrogens with zero attached hydrogens (tertiary/aromatic N) is 2. The van der Waals surface area contributed by atoms with Gasteiger partial charge in [0, 0.05) is 29.7 Å². The van der Waals surface area contributed by atoms with Crippen molar-refractivity contribution in [2.45, 2.75) is 12.8 Å². The van der Waals surface area contributed by atoms with Gasteiger partial charge < -0.3 is 10.2 Å². The minimum atomic E-state index is -0.224. The topological polar surface area (TPSA) is 78.1 Å². The monoisotopic (exact) mass is 398 g/mol. The molecule has 1 saturated heterocycles. The summed E-state index contributed by atoms with van der Waals surface area (Å²) in [4.78, 5) is 27.9. The summed E-state index contributed by atoms with van der Waals surface area (Å²) >= 11 is 0. The molecular weight excluding hydrogens is 376 g/mol. The van der Waals surface area contributed by atoms with E-state index in [0.717, 1.165) is 40.2 Å². The molecule has 1 atom stereocenters. The average molecular weight is 398 g/mol. The van der Waals surface area contributed by atoms with Gasteiger partial charge in [-0.3, -0.25) is 14.7 Å². The van der Waals surface area contributed by atoms with E-state index < -0.39 is 0 Å². The Morgan fingerprint density at radius 1 is 1.03 bits per heavy atom. The number of benzene rings is 3. The zero-order valence-corrected chi connectivity index (χ0v) is 16.5. The van der Waals surface area contributed by atoms with Crippen molar-refractivity contribution < 1.29 is 9.59 Å². The number of hydrogen-bond acceptors (Lipinski definition) is 3. The molecule has 150 valence electrons. The first-order valence-electron chi connectivity index (χ1n) is 10.2. The molecular formula is C24H22N4O2. The van der Waals surface area contributed by atoms with Crippen LogP contribution in [0.4, 0.5) is 5.69 Å². The van der Waals surface area contributed by atoms with Crippen LogP contribution in [0.15, 0.2) is 66.9 Å². The second kappa shape index (κ2) is 7.63. The summed E-state index contributed by atoms with van der Waals surface area (Å²) in [5.41, 5.74) is 2.36. The van der Waals surface area contributed by atoms with E-state index >= 15 is 0 Å². The molecule has 2 amide bonds. The summed E-state index contributed by atoms with van der Waals surface area (Å²) in [6.07, 6.45) is 3.32.